The number of hydrogen-bond donors (Lipinski definition) is 2. The maximum absolute atomic E-state index is 11.7. The van der Waals surface area contributed by atoms with Gasteiger partial charge in [-0.2, -0.15) is 0 Å². The van der Waals surface area contributed by atoms with E-state index in [-0.39, 0.29) is 10.9 Å². The summed E-state index contributed by atoms with van der Waals surface area (Å²) in [6.45, 7) is 0.560. The van der Waals surface area contributed by atoms with Crippen LogP contribution in [0.25, 0.3) is 0 Å². The fraction of sp³-hybridized carbons (Fsp3) is 0.385. The van der Waals surface area contributed by atoms with E-state index in [1.165, 1.54) is 7.11 Å². The average Bonchev–Trinajstić information content (AvgIpc) is 2.39. The van der Waals surface area contributed by atoms with E-state index in [1.54, 1.807) is 25.3 Å². The van der Waals surface area contributed by atoms with E-state index >= 15 is 0 Å². The van der Waals surface area contributed by atoms with Gasteiger partial charge in [-0.15, -0.1) is 0 Å². The molecule has 0 saturated heterocycles. The van der Waals surface area contributed by atoms with Crippen molar-refractivity contribution in [2.75, 3.05) is 26.1 Å². The number of nitrogens with one attached hydrogen (secondary N) is 1. The fourth-order valence-electron chi connectivity index (χ4n) is 1.54. The van der Waals surface area contributed by atoms with Crippen LogP contribution in [0.4, 0.5) is 5.69 Å². The summed E-state index contributed by atoms with van der Waals surface area (Å²) in [5, 5.41) is 2.78. The molecule has 3 N–H and O–H groups in total. The zero-order chi connectivity index (χ0) is 14.3. The van der Waals surface area contributed by atoms with Crippen molar-refractivity contribution in [3.63, 3.8) is 0 Å². The predicted molar refractivity (Wildman–Crippen MR) is 78.6 cm³/mol. The molecule has 0 aromatic heterocycles. The van der Waals surface area contributed by atoms with Crippen molar-refractivity contribution in [2.45, 2.75) is 12.8 Å². The van der Waals surface area contributed by atoms with Gasteiger partial charge in [0.15, 0.2) is 0 Å². The Kier molecular flexibility index (Phi) is 6.24. The molecule has 5 nitrogen and oxygen atoms in total. The van der Waals surface area contributed by atoms with Gasteiger partial charge < -0.3 is 20.5 Å². The number of anilines is 1. The molecule has 0 aliphatic carbocycles. The number of carbonyl (C=O) groups is 1. The van der Waals surface area contributed by atoms with Gasteiger partial charge in [0.05, 0.1) is 12.8 Å². The molecule has 6 heteroatoms. The predicted octanol–water partition coefficient (Wildman–Crippen LogP) is 1.69. The third-order valence-corrected chi connectivity index (χ3v) is 2.75. The first-order valence-corrected chi connectivity index (χ1v) is 6.26. The molecule has 0 aliphatic rings. The van der Waals surface area contributed by atoms with E-state index in [0.717, 1.165) is 0 Å². The standard InChI is InChI=1S/C13H18N2O3S/c1-17-7-3-4-12(16)15-10-6-5-9(13(14)19)8-11(10)18-2/h5-6,8H,3-4,7H2,1-2H3,(H2,14,19)(H,15,16). The van der Waals surface area contributed by atoms with E-state index in [9.17, 15) is 4.79 Å². The minimum atomic E-state index is -0.0848. The summed E-state index contributed by atoms with van der Waals surface area (Å²) in [7, 11) is 3.13. The van der Waals surface area contributed by atoms with Crippen LogP contribution < -0.4 is 15.8 Å². The Morgan fingerprint density at radius 1 is 1.42 bits per heavy atom. The minimum Gasteiger partial charge on any atom is -0.495 e. The van der Waals surface area contributed by atoms with Gasteiger partial charge in [0.2, 0.25) is 5.91 Å². The zero-order valence-electron chi connectivity index (χ0n) is 11.1. The monoisotopic (exact) mass is 282 g/mol. The third-order valence-electron chi connectivity index (χ3n) is 2.51. The van der Waals surface area contributed by atoms with Crippen LogP contribution in [-0.2, 0) is 9.53 Å². The molecule has 1 amide bonds. The van der Waals surface area contributed by atoms with Crippen LogP contribution in [0.3, 0.4) is 0 Å². The highest BCUT2D eigenvalue weighted by Crippen LogP contribution is 2.25. The summed E-state index contributed by atoms with van der Waals surface area (Å²) in [6, 6.07) is 5.17. The summed E-state index contributed by atoms with van der Waals surface area (Å²) in [6.07, 6.45) is 1.07. The van der Waals surface area contributed by atoms with Crippen LogP contribution in [0, 0.1) is 0 Å². The van der Waals surface area contributed by atoms with Crippen LogP contribution in [-0.4, -0.2) is 31.7 Å². The van der Waals surface area contributed by atoms with Crippen molar-refractivity contribution >= 4 is 28.8 Å². The normalized spacial score (nSPS) is 10.0. The first-order valence-electron chi connectivity index (χ1n) is 5.85. The lowest BCUT2D eigenvalue weighted by Crippen LogP contribution is -2.14. The Hall–Kier alpha value is -1.66. The molecular formula is C13H18N2O3S. The number of thiocarbonyl (C=S) groups is 1. The van der Waals surface area contributed by atoms with E-state index in [2.05, 4.69) is 5.32 Å². The van der Waals surface area contributed by atoms with Crippen LogP contribution in [0.2, 0.25) is 0 Å². The highest BCUT2D eigenvalue weighted by atomic mass is 32.1. The number of nitrogens with two attached hydrogens (primary N) is 1. The highest BCUT2D eigenvalue weighted by molar-refractivity contribution is 7.80. The first kappa shape index (κ1) is 15.4. The Bertz CT molecular complexity index is 463. The number of hydrogen-bond acceptors (Lipinski definition) is 4. The molecule has 1 rings (SSSR count). The number of ether oxygens (including phenoxy) is 2. The zero-order valence-corrected chi connectivity index (χ0v) is 11.9. The Morgan fingerprint density at radius 2 is 2.16 bits per heavy atom. The van der Waals surface area contributed by atoms with Crippen molar-refractivity contribution in [1.82, 2.24) is 0 Å². The second-order valence-electron chi connectivity index (χ2n) is 3.92. The van der Waals surface area contributed by atoms with E-state index in [1.807, 2.05) is 0 Å². The molecule has 0 heterocycles. The summed E-state index contributed by atoms with van der Waals surface area (Å²) >= 11 is 4.89. The molecule has 0 unspecified atom stereocenters. The number of amides is 1. The van der Waals surface area contributed by atoms with Crippen LogP contribution >= 0.6 is 12.2 Å². The van der Waals surface area contributed by atoms with Crippen LogP contribution in [0.1, 0.15) is 18.4 Å². The van der Waals surface area contributed by atoms with E-state index < -0.39 is 0 Å². The summed E-state index contributed by atoms with van der Waals surface area (Å²) < 4.78 is 10.1. The second kappa shape index (κ2) is 7.70. The van der Waals surface area contributed by atoms with Gasteiger partial charge in [-0.1, -0.05) is 12.2 Å². The van der Waals surface area contributed by atoms with Crippen LogP contribution in [0.15, 0.2) is 18.2 Å². The molecule has 0 radical (unpaired) electrons. The molecule has 19 heavy (non-hydrogen) atoms. The molecule has 104 valence electrons. The number of benzene rings is 1. The van der Waals surface area contributed by atoms with Crippen molar-refractivity contribution in [3.8, 4) is 5.75 Å². The largest absolute Gasteiger partial charge is 0.495 e. The summed E-state index contributed by atoms with van der Waals surface area (Å²) in [5.74, 6) is 0.448. The molecule has 1 aromatic carbocycles. The SMILES string of the molecule is COCCCC(=O)Nc1ccc(C(N)=S)cc1OC. The molecule has 0 saturated carbocycles. The maximum atomic E-state index is 11.7. The van der Waals surface area contributed by atoms with Gasteiger partial charge in [0.1, 0.15) is 10.7 Å². The van der Waals surface area contributed by atoms with Crippen molar-refractivity contribution in [2.24, 2.45) is 5.73 Å². The lowest BCUT2D eigenvalue weighted by Gasteiger charge is -2.11. The molecule has 1 aromatic rings. The molecule has 0 bridgehead atoms. The Balaban J connectivity index is 2.72. The number of carbonyl (C=O) groups excluding carboxylic acids is 1. The lowest BCUT2D eigenvalue weighted by molar-refractivity contribution is -0.116. The highest BCUT2D eigenvalue weighted by Gasteiger charge is 2.09. The second-order valence-corrected chi connectivity index (χ2v) is 4.36. The number of rotatable bonds is 7. The first-order chi connectivity index (χ1) is 9.08. The summed E-state index contributed by atoms with van der Waals surface area (Å²) in [4.78, 5) is 12.0. The Morgan fingerprint density at radius 3 is 2.74 bits per heavy atom. The van der Waals surface area contributed by atoms with E-state index in [0.29, 0.717) is 36.4 Å². The van der Waals surface area contributed by atoms with Crippen molar-refractivity contribution < 1.29 is 14.3 Å². The van der Waals surface area contributed by atoms with Gasteiger partial charge in [-0.05, 0) is 24.6 Å². The van der Waals surface area contributed by atoms with Gasteiger partial charge in [-0.25, -0.2) is 0 Å². The van der Waals surface area contributed by atoms with Gasteiger partial charge in [0, 0.05) is 25.7 Å². The molecule has 0 spiro atoms. The van der Waals surface area contributed by atoms with Crippen LogP contribution in [0.5, 0.6) is 5.75 Å². The smallest absolute Gasteiger partial charge is 0.224 e. The van der Waals surface area contributed by atoms with Gasteiger partial charge in [0.25, 0.3) is 0 Å². The minimum absolute atomic E-state index is 0.0848. The topological polar surface area (TPSA) is 73.6 Å². The molecule has 0 fully saturated rings. The van der Waals surface area contributed by atoms with Gasteiger partial charge in [-0.3, -0.25) is 4.79 Å². The fourth-order valence-corrected chi connectivity index (χ4v) is 1.66. The number of methoxy groups -OCH3 is 2. The maximum Gasteiger partial charge on any atom is 0.224 e. The molecule has 0 aliphatic heterocycles. The lowest BCUT2D eigenvalue weighted by atomic mass is 10.2. The van der Waals surface area contributed by atoms with Crippen molar-refractivity contribution in [1.29, 1.82) is 0 Å². The quantitative estimate of drug-likeness (QED) is 0.588. The van der Waals surface area contributed by atoms with Gasteiger partial charge >= 0.3 is 0 Å². The third kappa shape index (κ3) is 4.84. The average molecular weight is 282 g/mol. The van der Waals surface area contributed by atoms with Crippen molar-refractivity contribution in [3.05, 3.63) is 23.8 Å². The van der Waals surface area contributed by atoms with E-state index in [4.69, 9.17) is 27.4 Å². The Labute approximate surface area is 118 Å². The summed E-state index contributed by atoms with van der Waals surface area (Å²) in [5.41, 5.74) is 6.84. The molecule has 0 atom stereocenters. The molecular weight excluding hydrogens is 264 g/mol.